The maximum atomic E-state index is 13.9. The molecular weight excluding hydrogens is 555 g/mol. The minimum absolute atomic E-state index is 0.0571. The maximum Gasteiger partial charge on any atom is 0.420 e. The molecule has 4 heterocycles. The van der Waals surface area contributed by atoms with Crippen LogP contribution in [0.15, 0.2) is 33.5 Å². The van der Waals surface area contributed by atoms with E-state index in [2.05, 4.69) is 20.2 Å². The van der Waals surface area contributed by atoms with Crippen LogP contribution in [0.4, 0.5) is 24.8 Å². The lowest BCUT2D eigenvalue weighted by Crippen LogP contribution is -2.26. The number of nitrogens with one attached hydrogen (secondary N) is 1. The van der Waals surface area contributed by atoms with Gasteiger partial charge in [0.1, 0.15) is 9.77 Å². The molecular formula is C22H21ClF3N5O2S3. The summed E-state index contributed by atoms with van der Waals surface area (Å²) in [6, 6.07) is 5.12. The first kappa shape index (κ1) is 25.7. The molecule has 14 heteroatoms. The molecule has 0 fully saturated rings. The van der Waals surface area contributed by atoms with Gasteiger partial charge in [-0.3, -0.25) is 13.3 Å². The Balaban J connectivity index is 1.55. The standard InChI is InChI=1S/C22H21ClF3N5O2S3/c1-30-4-3-12-6-16(15(23)5-13(12)9-30)28-21-27-8-14(22(24,25)26)19(29-21)17-7-18-20(34-17)36(33)11-31(2)10-35(18)32/h5-8H,3-4,9-11H2,1-2H3,(H,27,28,29). The third-order valence-electron chi connectivity index (χ3n) is 5.86. The summed E-state index contributed by atoms with van der Waals surface area (Å²) in [4.78, 5) is 12.4. The van der Waals surface area contributed by atoms with E-state index in [4.69, 9.17) is 11.6 Å². The normalized spacial score (nSPS) is 21.1. The lowest BCUT2D eigenvalue weighted by Gasteiger charge is -2.26. The number of hydrogen-bond acceptors (Lipinski definition) is 8. The molecule has 2 atom stereocenters. The van der Waals surface area contributed by atoms with Crippen LogP contribution in [0.2, 0.25) is 5.02 Å². The van der Waals surface area contributed by atoms with Crippen LogP contribution in [0.3, 0.4) is 0 Å². The highest BCUT2D eigenvalue weighted by atomic mass is 35.5. The summed E-state index contributed by atoms with van der Waals surface area (Å²) in [5.74, 6) is 0.233. The number of anilines is 2. The molecule has 7 nitrogen and oxygen atoms in total. The van der Waals surface area contributed by atoms with Crippen LogP contribution in [0, 0.1) is 0 Å². The summed E-state index contributed by atoms with van der Waals surface area (Å²) in [7, 11) is 0.674. The fourth-order valence-electron chi connectivity index (χ4n) is 4.13. The fourth-order valence-corrected chi connectivity index (χ4v) is 9.06. The van der Waals surface area contributed by atoms with Gasteiger partial charge in [0.25, 0.3) is 0 Å². The number of thiophene rings is 1. The van der Waals surface area contributed by atoms with Gasteiger partial charge in [0.2, 0.25) is 5.95 Å². The fraction of sp³-hybridized carbons (Fsp3) is 0.364. The number of halogens is 4. The van der Waals surface area contributed by atoms with Gasteiger partial charge in [-0.1, -0.05) is 11.6 Å². The molecule has 2 aromatic heterocycles. The molecule has 0 radical (unpaired) electrons. The Morgan fingerprint density at radius 1 is 1.08 bits per heavy atom. The van der Waals surface area contributed by atoms with E-state index in [9.17, 15) is 21.6 Å². The monoisotopic (exact) mass is 575 g/mol. The molecule has 2 aliphatic rings. The van der Waals surface area contributed by atoms with Gasteiger partial charge in [-0.2, -0.15) is 13.2 Å². The van der Waals surface area contributed by atoms with E-state index in [1.807, 2.05) is 19.2 Å². The van der Waals surface area contributed by atoms with E-state index in [1.165, 1.54) is 6.07 Å². The quantitative estimate of drug-likeness (QED) is 0.486. The van der Waals surface area contributed by atoms with Crippen LogP contribution >= 0.6 is 22.9 Å². The Kier molecular flexibility index (Phi) is 6.98. The molecule has 0 aliphatic carbocycles. The van der Waals surface area contributed by atoms with Crippen molar-refractivity contribution >= 4 is 56.2 Å². The van der Waals surface area contributed by atoms with Crippen LogP contribution in [-0.2, 0) is 40.7 Å². The number of aromatic nitrogens is 2. The smallest absolute Gasteiger partial charge is 0.323 e. The Morgan fingerprint density at radius 2 is 1.83 bits per heavy atom. The van der Waals surface area contributed by atoms with Crippen molar-refractivity contribution in [1.29, 1.82) is 0 Å². The molecule has 0 saturated carbocycles. The van der Waals surface area contributed by atoms with Crippen molar-refractivity contribution in [3.63, 3.8) is 0 Å². The Bertz CT molecular complexity index is 1360. The molecule has 1 N–H and O–H groups in total. The molecule has 2 unspecified atom stereocenters. The predicted octanol–water partition coefficient (Wildman–Crippen LogP) is 4.68. The highest BCUT2D eigenvalue weighted by molar-refractivity contribution is 7.90. The number of fused-ring (bicyclic) bond motifs is 2. The zero-order valence-corrected chi connectivity index (χ0v) is 22.4. The summed E-state index contributed by atoms with van der Waals surface area (Å²) < 4.78 is 67.4. The first-order valence-electron chi connectivity index (χ1n) is 10.8. The van der Waals surface area contributed by atoms with E-state index in [-0.39, 0.29) is 33.2 Å². The molecule has 3 aromatic rings. The molecule has 0 saturated heterocycles. The minimum Gasteiger partial charge on any atom is -0.323 e. The van der Waals surface area contributed by atoms with Gasteiger partial charge in [0.05, 0.1) is 59.5 Å². The second-order valence-electron chi connectivity index (χ2n) is 8.73. The molecule has 2 aliphatic heterocycles. The molecule has 0 bridgehead atoms. The second kappa shape index (κ2) is 9.76. The van der Waals surface area contributed by atoms with Crippen molar-refractivity contribution in [3.8, 4) is 10.6 Å². The Labute approximate surface area is 219 Å². The highest BCUT2D eigenvalue weighted by Crippen LogP contribution is 2.42. The van der Waals surface area contributed by atoms with Crippen molar-refractivity contribution in [1.82, 2.24) is 19.8 Å². The predicted molar refractivity (Wildman–Crippen MR) is 135 cm³/mol. The highest BCUT2D eigenvalue weighted by Gasteiger charge is 2.37. The van der Waals surface area contributed by atoms with Crippen LogP contribution in [-0.4, -0.2) is 60.6 Å². The third-order valence-corrected chi connectivity index (χ3v) is 11.0. The van der Waals surface area contributed by atoms with Gasteiger partial charge in [-0.25, -0.2) is 9.97 Å². The van der Waals surface area contributed by atoms with E-state index >= 15 is 0 Å². The number of likely N-dealkylation sites (N-methyl/N-ethyl adjacent to an activating group) is 1. The first-order valence-corrected chi connectivity index (χ1v) is 14.6. The lowest BCUT2D eigenvalue weighted by atomic mass is 9.99. The topological polar surface area (TPSA) is 78.4 Å². The van der Waals surface area contributed by atoms with E-state index < -0.39 is 33.3 Å². The van der Waals surface area contributed by atoms with Gasteiger partial charge in [-0.05, 0) is 49.8 Å². The van der Waals surface area contributed by atoms with Crippen molar-refractivity contribution in [2.75, 3.05) is 37.7 Å². The van der Waals surface area contributed by atoms with E-state index in [0.29, 0.717) is 14.9 Å². The van der Waals surface area contributed by atoms with Crippen LogP contribution < -0.4 is 5.32 Å². The summed E-state index contributed by atoms with van der Waals surface area (Å²) in [6.45, 7) is 1.65. The summed E-state index contributed by atoms with van der Waals surface area (Å²) in [6.07, 6.45) is -3.18. The van der Waals surface area contributed by atoms with E-state index in [1.54, 1.807) is 11.9 Å². The Hall–Kier alpha value is -1.90. The summed E-state index contributed by atoms with van der Waals surface area (Å²) in [5.41, 5.74) is 1.30. The molecule has 5 rings (SSSR count). The second-order valence-corrected chi connectivity index (χ2v) is 13.2. The average molecular weight is 576 g/mol. The van der Waals surface area contributed by atoms with Crippen molar-refractivity contribution < 1.29 is 21.6 Å². The molecule has 1 aromatic carbocycles. The van der Waals surface area contributed by atoms with Gasteiger partial charge in [0.15, 0.2) is 0 Å². The van der Waals surface area contributed by atoms with Gasteiger partial charge in [0, 0.05) is 19.3 Å². The van der Waals surface area contributed by atoms with E-state index in [0.717, 1.165) is 48.2 Å². The third kappa shape index (κ3) is 5.09. The number of hydrogen-bond donors (Lipinski definition) is 1. The average Bonchev–Trinajstić information content (AvgIpc) is 3.21. The van der Waals surface area contributed by atoms with Crippen molar-refractivity contribution in [2.45, 2.75) is 28.2 Å². The van der Waals surface area contributed by atoms with Gasteiger partial charge < -0.3 is 10.2 Å². The Morgan fingerprint density at radius 3 is 2.58 bits per heavy atom. The van der Waals surface area contributed by atoms with Crippen LogP contribution in [0.1, 0.15) is 16.7 Å². The zero-order valence-electron chi connectivity index (χ0n) is 19.2. The SMILES string of the molecule is CN1CCc2cc(Nc3ncc(C(F)(F)F)c(-c4cc5c(s4)S(=O)CN(C)CS5=O)n3)c(Cl)cc2C1. The summed E-state index contributed by atoms with van der Waals surface area (Å²) >= 11 is 7.38. The largest absolute Gasteiger partial charge is 0.420 e. The van der Waals surface area contributed by atoms with Crippen LogP contribution in [0.5, 0.6) is 0 Å². The molecule has 36 heavy (non-hydrogen) atoms. The summed E-state index contributed by atoms with van der Waals surface area (Å²) in [5, 5.41) is 3.37. The van der Waals surface area contributed by atoms with Crippen molar-refractivity contribution in [3.05, 3.63) is 46.1 Å². The number of alkyl halides is 3. The number of benzene rings is 1. The number of nitrogens with zero attached hydrogens (tertiary/aromatic N) is 4. The lowest BCUT2D eigenvalue weighted by molar-refractivity contribution is -0.137. The zero-order chi connectivity index (χ0) is 25.8. The van der Waals surface area contributed by atoms with Crippen molar-refractivity contribution in [2.24, 2.45) is 0 Å². The molecule has 0 spiro atoms. The first-order chi connectivity index (χ1) is 17.0. The minimum atomic E-state index is -4.72. The maximum absolute atomic E-state index is 13.9. The van der Waals surface area contributed by atoms with Crippen LogP contribution in [0.25, 0.3) is 10.6 Å². The van der Waals surface area contributed by atoms with Gasteiger partial charge >= 0.3 is 6.18 Å². The molecule has 192 valence electrons. The molecule has 0 amide bonds. The van der Waals surface area contributed by atoms with Gasteiger partial charge in [-0.15, -0.1) is 11.3 Å². The number of rotatable bonds is 3.